The monoisotopic (exact) mass is 353 g/mol. The van der Waals surface area contributed by atoms with E-state index >= 15 is 0 Å². The van der Waals surface area contributed by atoms with Gasteiger partial charge in [0.05, 0.1) is 5.56 Å². The predicted octanol–water partition coefficient (Wildman–Crippen LogP) is 5.20. The molecule has 0 saturated heterocycles. The smallest absolute Gasteiger partial charge is 0.335 e. The number of rotatable bonds is 7. The highest BCUT2D eigenvalue weighted by Gasteiger charge is 2.16. The molecule has 2 rings (SSSR count). The zero-order chi connectivity index (χ0) is 19.3. The van der Waals surface area contributed by atoms with Crippen LogP contribution in [0.25, 0.3) is 0 Å². The van der Waals surface area contributed by atoms with Gasteiger partial charge in [0.25, 0.3) is 0 Å². The summed E-state index contributed by atoms with van der Waals surface area (Å²) in [7, 11) is 0. The summed E-state index contributed by atoms with van der Waals surface area (Å²) in [4.78, 5) is 23.9. The van der Waals surface area contributed by atoms with Gasteiger partial charge in [0, 0.05) is 12.1 Å². The van der Waals surface area contributed by atoms with E-state index in [9.17, 15) is 14.7 Å². The number of carboxylic acids is 1. The van der Waals surface area contributed by atoms with Crippen molar-refractivity contribution in [1.82, 2.24) is 0 Å². The second-order valence-corrected chi connectivity index (χ2v) is 7.13. The Labute approximate surface area is 155 Å². The van der Waals surface area contributed by atoms with E-state index in [4.69, 9.17) is 0 Å². The van der Waals surface area contributed by atoms with Gasteiger partial charge in [0.15, 0.2) is 0 Å². The minimum Gasteiger partial charge on any atom is -0.478 e. The average Bonchev–Trinajstić information content (AvgIpc) is 2.59. The van der Waals surface area contributed by atoms with Crippen LogP contribution in [0.15, 0.2) is 42.5 Å². The molecule has 0 fully saturated rings. The molecular formula is C22H27NO3. The van der Waals surface area contributed by atoms with Crippen LogP contribution in [0.5, 0.6) is 0 Å². The molecular weight excluding hydrogens is 326 g/mol. The Bertz CT molecular complexity index is 767. The van der Waals surface area contributed by atoms with Gasteiger partial charge in [-0.05, 0) is 41.0 Å². The molecule has 0 aliphatic heterocycles. The number of aromatic carboxylic acids is 1. The summed E-state index contributed by atoms with van der Waals surface area (Å²) in [6.45, 7) is 8.44. The highest BCUT2D eigenvalue weighted by Crippen LogP contribution is 2.32. The third-order valence-electron chi connectivity index (χ3n) is 4.51. The van der Waals surface area contributed by atoms with Crippen LogP contribution in [0.1, 0.15) is 73.0 Å². The van der Waals surface area contributed by atoms with Crippen LogP contribution in [-0.4, -0.2) is 17.0 Å². The molecule has 1 amide bonds. The topological polar surface area (TPSA) is 66.4 Å². The molecule has 2 N–H and O–H groups in total. The van der Waals surface area contributed by atoms with E-state index in [1.807, 2.05) is 18.2 Å². The fourth-order valence-electron chi connectivity index (χ4n) is 3.09. The molecule has 0 bridgehead atoms. The van der Waals surface area contributed by atoms with Gasteiger partial charge in [0.2, 0.25) is 5.91 Å². The van der Waals surface area contributed by atoms with E-state index in [1.165, 1.54) is 0 Å². The Balaban J connectivity index is 2.17. The largest absolute Gasteiger partial charge is 0.478 e. The number of carboxylic acid groups (broad SMARTS) is 1. The summed E-state index contributed by atoms with van der Waals surface area (Å²) in [5.41, 5.74) is 4.07. The van der Waals surface area contributed by atoms with Crippen molar-refractivity contribution in [3.63, 3.8) is 0 Å². The lowest BCUT2D eigenvalue weighted by atomic mass is 9.92. The quantitative estimate of drug-likeness (QED) is 0.718. The van der Waals surface area contributed by atoms with Gasteiger partial charge in [-0.15, -0.1) is 0 Å². The highest BCUT2D eigenvalue weighted by atomic mass is 16.4. The lowest BCUT2D eigenvalue weighted by molar-refractivity contribution is -0.116. The van der Waals surface area contributed by atoms with Crippen LogP contribution in [0, 0.1) is 0 Å². The maximum Gasteiger partial charge on any atom is 0.335 e. The van der Waals surface area contributed by atoms with Crippen molar-refractivity contribution in [2.24, 2.45) is 0 Å². The average molecular weight is 353 g/mol. The summed E-state index contributed by atoms with van der Waals surface area (Å²) in [6, 6.07) is 12.9. The molecule has 0 spiro atoms. The number of hydrogen-bond acceptors (Lipinski definition) is 2. The normalized spacial score (nSPS) is 11.0. The van der Waals surface area contributed by atoms with E-state index in [-0.39, 0.29) is 17.9 Å². The maximum atomic E-state index is 12.6. The zero-order valence-corrected chi connectivity index (χ0v) is 15.9. The molecule has 0 heterocycles. The summed E-state index contributed by atoms with van der Waals surface area (Å²) < 4.78 is 0. The number of amides is 1. The number of benzene rings is 2. The van der Waals surface area contributed by atoms with Crippen molar-refractivity contribution in [2.75, 3.05) is 5.32 Å². The molecule has 4 heteroatoms. The number of nitrogens with one attached hydrogen (secondary N) is 1. The highest BCUT2D eigenvalue weighted by molar-refractivity contribution is 5.93. The standard InChI is InChI=1S/C22H27NO3/c1-14(2)17-10-7-11-18(15(3)4)21(17)23-20(24)13-12-16-8-5-6-9-19(16)22(25)26/h5-11,14-15H,12-13H2,1-4H3,(H,23,24)(H,25,26). The first-order valence-electron chi connectivity index (χ1n) is 9.05. The Kier molecular flexibility index (Phi) is 6.56. The lowest BCUT2D eigenvalue weighted by Gasteiger charge is -2.20. The maximum absolute atomic E-state index is 12.6. The second-order valence-electron chi connectivity index (χ2n) is 7.13. The SMILES string of the molecule is CC(C)c1cccc(C(C)C)c1NC(=O)CCc1ccccc1C(=O)O. The molecule has 0 aromatic heterocycles. The van der Waals surface area contributed by atoms with Crippen LogP contribution in [-0.2, 0) is 11.2 Å². The molecule has 0 unspecified atom stereocenters. The Morgan fingerprint density at radius 1 is 0.923 bits per heavy atom. The fourth-order valence-corrected chi connectivity index (χ4v) is 3.09. The summed E-state index contributed by atoms with van der Waals surface area (Å²) in [5, 5.41) is 12.3. The van der Waals surface area contributed by atoms with Crippen molar-refractivity contribution < 1.29 is 14.7 Å². The van der Waals surface area contributed by atoms with Crippen LogP contribution < -0.4 is 5.32 Å². The summed E-state index contributed by atoms with van der Waals surface area (Å²) in [5.74, 6) is -0.457. The first-order chi connectivity index (χ1) is 12.3. The van der Waals surface area contributed by atoms with Crippen LogP contribution in [0.2, 0.25) is 0 Å². The zero-order valence-electron chi connectivity index (χ0n) is 15.9. The van der Waals surface area contributed by atoms with Crippen LogP contribution in [0.3, 0.4) is 0 Å². The molecule has 2 aromatic carbocycles. The van der Waals surface area contributed by atoms with Crippen molar-refractivity contribution in [3.8, 4) is 0 Å². The predicted molar refractivity (Wildman–Crippen MR) is 105 cm³/mol. The number of aryl methyl sites for hydroxylation is 1. The molecule has 2 aromatic rings. The summed E-state index contributed by atoms with van der Waals surface area (Å²) in [6.07, 6.45) is 0.642. The lowest BCUT2D eigenvalue weighted by Crippen LogP contribution is -2.17. The van der Waals surface area contributed by atoms with E-state index in [0.717, 1.165) is 16.8 Å². The van der Waals surface area contributed by atoms with Crippen molar-refractivity contribution in [3.05, 3.63) is 64.7 Å². The molecule has 0 radical (unpaired) electrons. The molecule has 0 aliphatic rings. The van der Waals surface area contributed by atoms with Crippen molar-refractivity contribution in [1.29, 1.82) is 0 Å². The van der Waals surface area contributed by atoms with Crippen molar-refractivity contribution >= 4 is 17.6 Å². The molecule has 4 nitrogen and oxygen atoms in total. The Morgan fingerprint density at radius 3 is 2.04 bits per heavy atom. The molecule has 138 valence electrons. The Hall–Kier alpha value is -2.62. The number of anilines is 1. The van der Waals surface area contributed by atoms with Gasteiger partial charge in [-0.3, -0.25) is 4.79 Å². The third-order valence-corrected chi connectivity index (χ3v) is 4.51. The number of carbonyl (C=O) groups is 2. The van der Waals surface area contributed by atoms with Crippen LogP contribution >= 0.6 is 0 Å². The van der Waals surface area contributed by atoms with Gasteiger partial charge in [-0.25, -0.2) is 4.79 Å². The fraction of sp³-hybridized carbons (Fsp3) is 0.364. The Morgan fingerprint density at radius 2 is 1.50 bits per heavy atom. The minimum absolute atomic E-state index is 0.0970. The first-order valence-corrected chi connectivity index (χ1v) is 9.05. The van der Waals surface area contributed by atoms with E-state index in [0.29, 0.717) is 23.8 Å². The summed E-state index contributed by atoms with van der Waals surface area (Å²) >= 11 is 0. The number of para-hydroxylation sites is 1. The second kappa shape index (κ2) is 8.65. The molecule has 26 heavy (non-hydrogen) atoms. The van der Waals surface area contributed by atoms with Gasteiger partial charge < -0.3 is 10.4 Å². The van der Waals surface area contributed by atoms with Crippen LogP contribution in [0.4, 0.5) is 5.69 Å². The molecule has 0 atom stereocenters. The molecule has 0 saturated carbocycles. The van der Waals surface area contributed by atoms with Crippen molar-refractivity contribution in [2.45, 2.75) is 52.4 Å². The van der Waals surface area contributed by atoms with Gasteiger partial charge in [0.1, 0.15) is 0 Å². The van der Waals surface area contributed by atoms with E-state index in [1.54, 1.807) is 24.3 Å². The van der Waals surface area contributed by atoms with E-state index < -0.39 is 5.97 Å². The van der Waals surface area contributed by atoms with Gasteiger partial charge in [-0.2, -0.15) is 0 Å². The first kappa shape index (κ1) is 19.7. The molecule has 0 aliphatic carbocycles. The number of hydrogen-bond donors (Lipinski definition) is 2. The van der Waals surface area contributed by atoms with E-state index in [2.05, 4.69) is 33.0 Å². The minimum atomic E-state index is -0.965. The third kappa shape index (κ3) is 4.72. The van der Waals surface area contributed by atoms with Gasteiger partial charge in [-0.1, -0.05) is 64.1 Å². The van der Waals surface area contributed by atoms with Gasteiger partial charge >= 0.3 is 5.97 Å². The number of carbonyl (C=O) groups excluding carboxylic acids is 1.